The Bertz CT molecular complexity index is 579. The monoisotopic (exact) mass is 359 g/mol. The average Bonchev–Trinajstić information content (AvgIpc) is 2.52. The Morgan fingerprint density at radius 2 is 1.65 bits per heavy atom. The lowest BCUT2D eigenvalue weighted by atomic mass is 10.2. The first-order valence-electron chi connectivity index (χ1n) is 7.20. The maximum Gasteiger partial charge on any atom is 0.251 e. The Hall–Kier alpha value is -1.79. The van der Waals surface area contributed by atoms with E-state index in [0.29, 0.717) is 22.0 Å². The van der Waals surface area contributed by atoms with Gasteiger partial charge < -0.3 is 16.0 Å². The minimum atomic E-state index is -0.311. The molecule has 0 bridgehead atoms. The predicted molar refractivity (Wildman–Crippen MR) is 89.7 cm³/mol. The number of halogens is 2. The first kappa shape index (κ1) is 19.3. The summed E-state index contributed by atoms with van der Waals surface area (Å²) in [6.45, 7) is 2.33. The maximum absolute atomic E-state index is 11.9. The molecule has 8 heteroatoms. The van der Waals surface area contributed by atoms with E-state index in [9.17, 15) is 14.4 Å². The second-order valence-electron chi connectivity index (χ2n) is 4.76. The fraction of sp³-hybridized carbons (Fsp3) is 0.400. The molecular weight excluding hydrogens is 341 g/mol. The van der Waals surface area contributed by atoms with Crippen LogP contribution >= 0.6 is 23.2 Å². The second-order valence-corrected chi connectivity index (χ2v) is 5.58. The lowest BCUT2D eigenvalue weighted by Crippen LogP contribution is -2.40. The highest BCUT2D eigenvalue weighted by atomic mass is 35.5. The van der Waals surface area contributed by atoms with Crippen LogP contribution in [0.3, 0.4) is 0 Å². The summed E-state index contributed by atoms with van der Waals surface area (Å²) in [6.07, 6.45) is 1.13. The van der Waals surface area contributed by atoms with Crippen molar-refractivity contribution in [2.75, 3.05) is 19.6 Å². The molecule has 0 spiro atoms. The van der Waals surface area contributed by atoms with E-state index in [1.165, 1.54) is 6.07 Å². The molecule has 0 saturated heterocycles. The molecule has 0 aliphatic rings. The van der Waals surface area contributed by atoms with Crippen LogP contribution in [-0.2, 0) is 9.59 Å². The van der Waals surface area contributed by atoms with Gasteiger partial charge in [-0.25, -0.2) is 0 Å². The van der Waals surface area contributed by atoms with Gasteiger partial charge in [-0.2, -0.15) is 0 Å². The van der Waals surface area contributed by atoms with Crippen molar-refractivity contribution in [2.45, 2.75) is 19.8 Å². The molecule has 1 aromatic rings. The summed E-state index contributed by atoms with van der Waals surface area (Å²) < 4.78 is 0. The summed E-state index contributed by atoms with van der Waals surface area (Å²) in [5.41, 5.74) is 0.387. The van der Waals surface area contributed by atoms with Gasteiger partial charge in [-0.3, -0.25) is 14.4 Å². The second kappa shape index (κ2) is 10.1. The molecule has 0 aromatic heterocycles. The number of hydrogen-bond donors (Lipinski definition) is 3. The highest BCUT2D eigenvalue weighted by Crippen LogP contribution is 2.22. The van der Waals surface area contributed by atoms with Gasteiger partial charge in [0, 0.05) is 25.1 Å². The molecule has 1 aromatic carbocycles. The number of hydrogen-bond acceptors (Lipinski definition) is 3. The molecule has 0 heterocycles. The van der Waals surface area contributed by atoms with E-state index in [1.54, 1.807) is 12.1 Å². The lowest BCUT2D eigenvalue weighted by Gasteiger charge is -2.08. The van der Waals surface area contributed by atoms with Gasteiger partial charge >= 0.3 is 0 Å². The van der Waals surface area contributed by atoms with Crippen LogP contribution in [0.25, 0.3) is 0 Å². The molecule has 0 unspecified atom stereocenters. The Kier molecular flexibility index (Phi) is 8.43. The van der Waals surface area contributed by atoms with Crippen molar-refractivity contribution in [3.63, 3.8) is 0 Å². The van der Waals surface area contributed by atoms with Gasteiger partial charge in [0.1, 0.15) is 0 Å². The van der Waals surface area contributed by atoms with Gasteiger partial charge in [-0.05, 0) is 24.6 Å². The molecule has 3 N–H and O–H groups in total. The van der Waals surface area contributed by atoms with Gasteiger partial charge in [-0.1, -0.05) is 30.1 Å². The highest BCUT2D eigenvalue weighted by molar-refractivity contribution is 6.42. The normalized spacial score (nSPS) is 10.0. The van der Waals surface area contributed by atoms with Gasteiger partial charge in [0.05, 0.1) is 16.6 Å². The number of rotatable bonds is 8. The van der Waals surface area contributed by atoms with Crippen molar-refractivity contribution >= 4 is 40.9 Å². The van der Waals surface area contributed by atoms with Crippen LogP contribution in [0.4, 0.5) is 0 Å². The molecule has 0 atom stereocenters. The summed E-state index contributed by atoms with van der Waals surface area (Å²) in [7, 11) is 0. The summed E-state index contributed by atoms with van der Waals surface area (Å²) in [5.74, 6) is -0.775. The Morgan fingerprint density at radius 3 is 2.30 bits per heavy atom. The summed E-state index contributed by atoms with van der Waals surface area (Å²) in [4.78, 5) is 34.5. The van der Waals surface area contributed by atoms with E-state index in [-0.39, 0.29) is 37.4 Å². The molecular formula is C15H19Cl2N3O3. The third kappa shape index (κ3) is 7.34. The zero-order valence-corrected chi connectivity index (χ0v) is 14.3. The maximum atomic E-state index is 11.9. The van der Waals surface area contributed by atoms with Crippen molar-refractivity contribution in [1.29, 1.82) is 0 Å². The summed E-state index contributed by atoms with van der Waals surface area (Å²) in [6, 6.07) is 4.58. The first-order valence-corrected chi connectivity index (χ1v) is 7.96. The van der Waals surface area contributed by atoms with Crippen molar-refractivity contribution in [3.05, 3.63) is 33.8 Å². The number of nitrogens with one attached hydrogen (secondary N) is 3. The average molecular weight is 360 g/mol. The van der Waals surface area contributed by atoms with Crippen molar-refractivity contribution < 1.29 is 14.4 Å². The number of carbonyl (C=O) groups excluding carboxylic acids is 3. The van der Waals surface area contributed by atoms with E-state index in [0.717, 1.165) is 6.42 Å². The predicted octanol–water partition coefficient (Wildman–Crippen LogP) is 1.76. The van der Waals surface area contributed by atoms with E-state index >= 15 is 0 Å². The molecule has 0 aliphatic carbocycles. The third-order valence-electron chi connectivity index (χ3n) is 2.84. The first-order chi connectivity index (χ1) is 10.9. The van der Waals surface area contributed by atoms with Crippen molar-refractivity contribution in [2.24, 2.45) is 0 Å². The number of carbonyl (C=O) groups is 3. The molecule has 126 valence electrons. The van der Waals surface area contributed by atoms with Crippen LogP contribution in [0, 0.1) is 0 Å². The van der Waals surface area contributed by atoms with Crippen LogP contribution in [0.5, 0.6) is 0 Å². The lowest BCUT2D eigenvalue weighted by molar-refractivity contribution is -0.126. The molecule has 23 heavy (non-hydrogen) atoms. The zero-order valence-electron chi connectivity index (χ0n) is 12.7. The van der Waals surface area contributed by atoms with Crippen molar-refractivity contribution in [1.82, 2.24) is 16.0 Å². The van der Waals surface area contributed by atoms with Crippen LogP contribution in [0.2, 0.25) is 10.0 Å². The smallest absolute Gasteiger partial charge is 0.251 e. The van der Waals surface area contributed by atoms with E-state index in [4.69, 9.17) is 23.2 Å². The fourth-order valence-corrected chi connectivity index (χ4v) is 1.97. The Morgan fingerprint density at radius 1 is 0.957 bits per heavy atom. The van der Waals surface area contributed by atoms with E-state index in [1.807, 2.05) is 6.92 Å². The van der Waals surface area contributed by atoms with Gasteiger partial charge in [0.25, 0.3) is 5.91 Å². The zero-order chi connectivity index (χ0) is 17.2. The molecule has 1 rings (SSSR count). The van der Waals surface area contributed by atoms with Crippen LogP contribution < -0.4 is 16.0 Å². The third-order valence-corrected chi connectivity index (χ3v) is 3.58. The van der Waals surface area contributed by atoms with Crippen LogP contribution in [0.1, 0.15) is 30.1 Å². The minimum absolute atomic E-state index is 0.0699. The van der Waals surface area contributed by atoms with Gasteiger partial charge in [0.2, 0.25) is 11.8 Å². The molecule has 3 amide bonds. The van der Waals surface area contributed by atoms with Crippen LogP contribution in [0.15, 0.2) is 18.2 Å². The largest absolute Gasteiger partial charge is 0.353 e. The summed E-state index contributed by atoms with van der Waals surface area (Å²) >= 11 is 11.6. The SMILES string of the molecule is CCCC(=O)NCC(=O)NCCNC(=O)c1ccc(Cl)c(Cl)c1. The molecule has 0 saturated carbocycles. The molecule has 0 aliphatic heterocycles. The Labute approximate surface area is 144 Å². The fourth-order valence-electron chi connectivity index (χ4n) is 1.67. The minimum Gasteiger partial charge on any atom is -0.353 e. The molecule has 0 radical (unpaired) electrons. The van der Waals surface area contributed by atoms with Gasteiger partial charge in [-0.15, -0.1) is 0 Å². The highest BCUT2D eigenvalue weighted by Gasteiger charge is 2.08. The number of benzene rings is 1. The molecule has 0 fully saturated rings. The standard InChI is InChI=1S/C15H19Cl2N3O3/c1-2-3-13(21)20-9-14(22)18-6-7-19-15(23)10-4-5-11(16)12(17)8-10/h4-5,8H,2-3,6-7,9H2,1H3,(H,18,22)(H,19,23)(H,20,21). The quantitative estimate of drug-likeness (QED) is 0.618. The van der Waals surface area contributed by atoms with E-state index in [2.05, 4.69) is 16.0 Å². The van der Waals surface area contributed by atoms with Crippen LogP contribution in [-0.4, -0.2) is 37.4 Å². The van der Waals surface area contributed by atoms with Gasteiger partial charge in [0.15, 0.2) is 0 Å². The van der Waals surface area contributed by atoms with Crippen molar-refractivity contribution in [3.8, 4) is 0 Å². The number of amides is 3. The summed E-state index contributed by atoms with van der Waals surface area (Å²) in [5, 5.41) is 8.42. The molecule has 6 nitrogen and oxygen atoms in total. The Balaban J connectivity index is 2.23. The topological polar surface area (TPSA) is 87.3 Å². The van der Waals surface area contributed by atoms with E-state index < -0.39 is 0 Å².